The van der Waals surface area contributed by atoms with Gasteiger partial charge in [-0.15, -0.1) is 0 Å². The van der Waals surface area contributed by atoms with E-state index in [1.807, 2.05) is 29.8 Å². The van der Waals surface area contributed by atoms with Crippen LogP contribution < -0.4 is 10.6 Å². The van der Waals surface area contributed by atoms with Crippen LogP contribution in [0.1, 0.15) is 67.3 Å². The fourth-order valence-electron chi connectivity index (χ4n) is 4.69. The average molecular weight is 538 g/mol. The normalized spacial score (nSPS) is 16.6. The van der Waals surface area contributed by atoms with E-state index in [4.69, 9.17) is 16.3 Å². The Labute approximate surface area is 226 Å². The third-order valence-corrected chi connectivity index (χ3v) is 7.21. The van der Waals surface area contributed by atoms with Gasteiger partial charge in [0.15, 0.2) is 0 Å². The monoisotopic (exact) mass is 537 g/mol. The van der Waals surface area contributed by atoms with E-state index in [1.165, 1.54) is 0 Å². The maximum atomic E-state index is 13.2. The molecule has 200 valence electrons. The Bertz CT molecular complexity index is 1340. The van der Waals surface area contributed by atoms with Crippen molar-refractivity contribution in [2.24, 2.45) is 0 Å². The molecule has 10 nitrogen and oxygen atoms in total. The van der Waals surface area contributed by atoms with Crippen molar-refractivity contribution in [1.82, 2.24) is 29.7 Å². The zero-order valence-corrected chi connectivity index (χ0v) is 22.5. The Morgan fingerprint density at radius 2 is 2.00 bits per heavy atom. The van der Waals surface area contributed by atoms with E-state index in [1.54, 1.807) is 23.5 Å². The minimum Gasteiger partial charge on any atom is -0.381 e. The lowest BCUT2D eigenvalue weighted by atomic mass is 10.0. The summed E-state index contributed by atoms with van der Waals surface area (Å²) in [4.78, 5) is 40.9. The number of benzene rings is 1. The predicted molar refractivity (Wildman–Crippen MR) is 144 cm³/mol. The summed E-state index contributed by atoms with van der Waals surface area (Å²) >= 11 is 6.45. The number of hydrogen-bond acceptors (Lipinski definition) is 7. The average Bonchev–Trinajstić information content (AvgIpc) is 3.51. The number of imidazole rings is 1. The summed E-state index contributed by atoms with van der Waals surface area (Å²) in [6.45, 7) is 7.77. The quantitative estimate of drug-likeness (QED) is 0.446. The molecule has 3 aromatic rings. The van der Waals surface area contributed by atoms with Crippen LogP contribution in [0.3, 0.4) is 0 Å². The highest BCUT2D eigenvalue weighted by Crippen LogP contribution is 2.31. The summed E-state index contributed by atoms with van der Waals surface area (Å²) in [5, 5.41) is 6.71. The van der Waals surface area contributed by atoms with Crippen molar-refractivity contribution >= 4 is 29.4 Å². The zero-order chi connectivity index (χ0) is 26.8. The molecule has 1 atom stereocenters. The molecule has 4 heterocycles. The van der Waals surface area contributed by atoms with Gasteiger partial charge >= 0.3 is 0 Å². The van der Waals surface area contributed by atoms with Gasteiger partial charge in [-0.2, -0.15) is 0 Å². The van der Waals surface area contributed by atoms with Crippen LogP contribution in [0, 0.1) is 0 Å². The molecule has 0 aliphatic carbocycles. The number of nitrogens with one attached hydrogen (secondary N) is 2. The van der Waals surface area contributed by atoms with E-state index >= 15 is 0 Å². The molecule has 11 heteroatoms. The van der Waals surface area contributed by atoms with Crippen LogP contribution >= 0.6 is 11.6 Å². The molecule has 1 unspecified atom stereocenters. The van der Waals surface area contributed by atoms with Crippen molar-refractivity contribution in [3.8, 4) is 11.3 Å². The third kappa shape index (κ3) is 5.66. The number of nitrogens with zero attached hydrogens (tertiary/aromatic N) is 5. The van der Waals surface area contributed by atoms with Crippen molar-refractivity contribution < 1.29 is 14.3 Å². The first kappa shape index (κ1) is 26.1. The topological polar surface area (TPSA) is 114 Å². The molecule has 0 bridgehead atoms. The van der Waals surface area contributed by atoms with Gasteiger partial charge in [-0.25, -0.2) is 15.0 Å². The number of ether oxygens (including phenoxy) is 1. The molecular weight excluding hydrogens is 506 g/mol. The lowest BCUT2D eigenvalue weighted by molar-refractivity contribution is -0.122. The van der Waals surface area contributed by atoms with Crippen molar-refractivity contribution in [2.75, 3.05) is 25.1 Å². The smallest absolute Gasteiger partial charge is 0.254 e. The van der Waals surface area contributed by atoms with Crippen LogP contribution in [0.25, 0.3) is 11.3 Å². The van der Waals surface area contributed by atoms with E-state index in [0.29, 0.717) is 42.0 Å². The second-order valence-electron chi connectivity index (χ2n) is 10.1. The number of hydrogen-bond donors (Lipinski definition) is 2. The number of amides is 2. The van der Waals surface area contributed by atoms with Gasteiger partial charge in [0.2, 0.25) is 11.9 Å². The van der Waals surface area contributed by atoms with Crippen LogP contribution in [0.5, 0.6) is 0 Å². The third-order valence-electron chi connectivity index (χ3n) is 6.93. The first-order chi connectivity index (χ1) is 18.3. The highest BCUT2D eigenvalue weighted by atomic mass is 35.5. The Kier molecular flexibility index (Phi) is 7.62. The molecular formula is C27H32ClN7O3. The highest BCUT2D eigenvalue weighted by Gasteiger charge is 2.30. The SMILES string of the molecule is CC(NC(=O)CN1Cc2ccc(-c3nc(NC4CCOCC4)ncc3Cl)cc2C1=O)c1cn(C(C)C)cn1. The van der Waals surface area contributed by atoms with Gasteiger partial charge in [0, 0.05) is 49.2 Å². The molecule has 5 rings (SSSR count). The number of halogens is 1. The standard InChI is InChI=1S/C27H32ClN7O3/c1-16(2)35-13-23(30-15-35)17(3)31-24(36)14-34-12-19-5-4-18(10-21(19)26(34)37)25-22(28)11-29-27(33-25)32-20-6-8-38-9-7-20/h4-5,10-11,13,15-17,20H,6-9,12,14H2,1-3H3,(H,31,36)(H,29,32,33). The number of rotatable bonds is 8. The van der Waals surface area contributed by atoms with Gasteiger partial charge in [0.05, 0.1) is 35.0 Å². The van der Waals surface area contributed by atoms with Gasteiger partial charge < -0.3 is 24.8 Å². The molecule has 2 N–H and O–H groups in total. The summed E-state index contributed by atoms with van der Waals surface area (Å²) in [5.41, 5.74) is 3.46. The van der Waals surface area contributed by atoms with Gasteiger partial charge in [-0.1, -0.05) is 23.7 Å². The number of aromatic nitrogens is 4. The van der Waals surface area contributed by atoms with E-state index in [-0.39, 0.29) is 36.5 Å². The minimum absolute atomic E-state index is 0.0362. The van der Waals surface area contributed by atoms with Crippen LogP contribution in [0.2, 0.25) is 5.02 Å². The van der Waals surface area contributed by atoms with E-state index in [0.717, 1.165) is 29.7 Å². The van der Waals surface area contributed by atoms with Gasteiger partial charge in [0.1, 0.15) is 6.54 Å². The fourth-order valence-corrected chi connectivity index (χ4v) is 4.89. The van der Waals surface area contributed by atoms with Gasteiger partial charge in [-0.05, 0) is 45.2 Å². The molecule has 2 aromatic heterocycles. The molecule has 1 fully saturated rings. The maximum Gasteiger partial charge on any atom is 0.254 e. The van der Waals surface area contributed by atoms with E-state index < -0.39 is 0 Å². The van der Waals surface area contributed by atoms with Gasteiger partial charge in [-0.3, -0.25) is 9.59 Å². The molecule has 38 heavy (non-hydrogen) atoms. The van der Waals surface area contributed by atoms with Crippen molar-refractivity contribution in [1.29, 1.82) is 0 Å². The molecule has 0 saturated carbocycles. The highest BCUT2D eigenvalue weighted by molar-refractivity contribution is 6.33. The second-order valence-corrected chi connectivity index (χ2v) is 10.5. The molecule has 1 saturated heterocycles. The van der Waals surface area contributed by atoms with Crippen LogP contribution in [0.15, 0.2) is 36.9 Å². The Balaban J connectivity index is 1.25. The van der Waals surface area contributed by atoms with Gasteiger partial charge in [0.25, 0.3) is 5.91 Å². The molecule has 2 amide bonds. The zero-order valence-electron chi connectivity index (χ0n) is 21.8. The number of carbonyl (C=O) groups is 2. The summed E-state index contributed by atoms with van der Waals surface area (Å²) in [6, 6.07) is 5.85. The van der Waals surface area contributed by atoms with Crippen LogP contribution in [0.4, 0.5) is 5.95 Å². The summed E-state index contributed by atoms with van der Waals surface area (Å²) in [5.74, 6) is 0.0638. The predicted octanol–water partition coefficient (Wildman–Crippen LogP) is 4.00. The molecule has 1 aromatic carbocycles. The molecule has 0 radical (unpaired) electrons. The Morgan fingerprint density at radius 3 is 2.74 bits per heavy atom. The maximum absolute atomic E-state index is 13.2. The first-order valence-corrected chi connectivity index (χ1v) is 13.3. The van der Waals surface area contributed by atoms with E-state index in [9.17, 15) is 9.59 Å². The van der Waals surface area contributed by atoms with Crippen LogP contribution in [-0.4, -0.2) is 62.0 Å². The molecule has 2 aliphatic rings. The largest absolute Gasteiger partial charge is 0.381 e. The second kappa shape index (κ2) is 11.1. The summed E-state index contributed by atoms with van der Waals surface area (Å²) < 4.78 is 7.41. The van der Waals surface area contributed by atoms with E-state index in [2.05, 4.69) is 39.4 Å². The lowest BCUT2D eigenvalue weighted by Gasteiger charge is -2.23. The van der Waals surface area contributed by atoms with Crippen LogP contribution in [-0.2, 0) is 16.1 Å². The van der Waals surface area contributed by atoms with Crippen molar-refractivity contribution in [3.63, 3.8) is 0 Å². The number of fused-ring (bicyclic) bond motifs is 1. The van der Waals surface area contributed by atoms with Crippen molar-refractivity contribution in [3.05, 3.63) is 58.8 Å². The Morgan fingerprint density at radius 1 is 1.21 bits per heavy atom. The lowest BCUT2D eigenvalue weighted by Crippen LogP contribution is -2.38. The molecule has 2 aliphatic heterocycles. The summed E-state index contributed by atoms with van der Waals surface area (Å²) in [7, 11) is 0. The first-order valence-electron chi connectivity index (χ1n) is 12.9. The van der Waals surface area contributed by atoms with Crippen molar-refractivity contribution in [2.45, 2.75) is 58.3 Å². The number of carbonyl (C=O) groups excluding carboxylic acids is 2. The Hall–Kier alpha value is -3.50. The number of anilines is 1. The minimum atomic E-state index is -0.266. The molecule has 0 spiro atoms. The fraction of sp³-hybridized carbons (Fsp3) is 0.444. The summed E-state index contributed by atoms with van der Waals surface area (Å²) in [6.07, 6.45) is 7.03.